The summed E-state index contributed by atoms with van der Waals surface area (Å²) in [6, 6.07) is 11.4. The summed E-state index contributed by atoms with van der Waals surface area (Å²) in [5.74, 6) is -2.44. The highest BCUT2D eigenvalue weighted by Gasteiger charge is 2.16. The van der Waals surface area contributed by atoms with Gasteiger partial charge in [0, 0.05) is 5.56 Å². The number of benzene rings is 2. The summed E-state index contributed by atoms with van der Waals surface area (Å²) in [4.78, 5) is 10.9. The lowest BCUT2D eigenvalue weighted by molar-refractivity contribution is 0.0696. The number of sulfone groups is 1. The summed E-state index contributed by atoms with van der Waals surface area (Å²) in [6.45, 7) is 0. The van der Waals surface area contributed by atoms with Crippen molar-refractivity contribution in [3.8, 4) is 0 Å². The molecule has 0 aliphatic rings. The van der Waals surface area contributed by atoms with E-state index in [9.17, 15) is 17.6 Å². The van der Waals surface area contributed by atoms with Crippen molar-refractivity contribution in [2.45, 2.75) is 11.5 Å². The zero-order valence-corrected chi connectivity index (χ0v) is 11.8. The Bertz CT molecular complexity index is 769. The number of rotatable bonds is 5. The van der Waals surface area contributed by atoms with Crippen LogP contribution in [0, 0.1) is 5.82 Å². The van der Waals surface area contributed by atoms with Crippen molar-refractivity contribution in [3.63, 3.8) is 0 Å². The first-order chi connectivity index (χ1) is 9.87. The Morgan fingerprint density at radius 3 is 2.43 bits per heavy atom. The predicted octanol–water partition coefficient (Wildman–Crippen LogP) is 2.64. The van der Waals surface area contributed by atoms with Gasteiger partial charge >= 0.3 is 5.97 Å². The summed E-state index contributed by atoms with van der Waals surface area (Å²) < 4.78 is 37.7. The summed E-state index contributed by atoms with van der Waals surface area (Å²) in [5, 5.41) is 8.88. The maximum Gasteiger partial charge on any atom is 0.335 e. The molecule has 0 fully saturated rings. The Kier molecular flexibility index (Phi) is 4.37. The number of halogens is 1. The van der Waals surface area contributed by atoms with Crippen LogP contribution < -0.4 is 0 Å². The van der Waals surface area contributed by atoms with E-state index >= 15 is 0 Å². The van der Waals surface area contributed by atoms with E-state index in [1.54, 1.807) is 6.07 Å². The second kappa shape index (κ2) is 6.05. The van der Waals surface area contributed by atoms with Crippen molar-refractivity contribution in [2.24, 2.45) is 0 Å². The molecular formula is C15H13FO4S. The second-order valence-corrected chi connectivity index (χ2v) is 6.69. The standard InChI is InChI=1S/C15H13FO4S/c16-14-7-2-1-5-13(14)10-21(19,20)9-11-4-3-6-12(8-11)15(17)18/h1-8H,9-10H2,(H,17,18). The molecule has 0 amide bonds. The molecule has 110 valence electrons. The molecule has 2 aromatic rings. The molecule has 0 atom stereocenters. The van der Waals surface area contributed by atoms with Gasteiger partial charge < -0.3 is 5.11 Å². The lowest BCUT2D eigenvalue weighted by atomic mass is 10.1. The fraction of sp³-hybridized carbons (Fsp3) is 0.133. The van der Waals surface area contributed by atoms with Gasteiger partial charge in [-0.1, -0.05) is 30.3 Å². The van der Waals surface area contributed by atoms with Crippen molar-refractivity contribution in [1.29, 1.82) is 0 Å². The zero-order valence-electron chi connectivity index (χ0n) is 11.0. The second-order valence-electron chi connectivity index (χ2n) is 4.63. The van der Waals surface area contributed by atoms with Crippen molar-refractivity contribution < 1.29 is 22.7 Å². The van der Waals surface area contributed by atoms with Gasteiger partial charge in [0.15, 0.2) is 9.84 Å². The highest BCUT2D eigenvalue weighted by atomic mass is 32.2. The third kappa shape index (κ3) is 4.13. The summed E-state index contributed by atoms with van der Waals surface area (Å²) in [7, 11) is -3.59. The van der Waals surface area contributed by atoms with Gasteiger partial charge in [-0.15, -0.1) is 0 Å². The van der Waals surface area contributed by atoms with E-state index in [2.05, 4.69) is 0 Å². The molecule has 21 heavy (non-hydrogen) atoms. The SMILES string of the molecule is O=C(O)c1cccc(CS(=O)(=O)Cc2ccccc2F)c1. The predicted molar refractivity (Wildman–Crippen MR) is 76.1 cm³/mol. The van der Waals surface area contributed by atoms with E-state index in [-0.39, 0.29) is 16.9 Å². The maximum absolute atomic E-state index is 13.5. The smallest absolute Gasteiger partial charge is 0.335 e. The van der Waals surface area contributed by atoms with Gasteiger partial charge in [-0.25, -0.2) is 17.6 Å². The molecule has 0 spiro atoms. The van der Waals surface area contributed by atoms with Gasteiger partial charge in [0.25, 0.3) is 0 Å². The number of hydrogen-bond acceptors (Lipinski definition) is 3. The molecule has 0 radical (unpaired) electrons. The van der Waals surface area contributed by atoms with Gasteiger partial charge in [0.1, 0.15) is 5.82 Å². The first kappa shape index (κ1) is 15.2. The third-order valence-corrected chi connectivity index (χ3v) is 4.42. The Morgan fingerprint density at radius 1 is 1.05 bits per heavy atom. The zero-order chi connectivity index (χ0) is 15.5. The van der Waals surface area contributed by atoms with Crippen LogP contribution in [-0.4, -0.2) is 19.5 Å². The average Bonchev–Trinajstić information content (AvgIpc) is 2.41. The molecule has 0 aliphatic carbocycles. The van der Waals surface area contributed by atoms with E-state index in [1.165, 1.54) is 42.5 Å². The lowest BCUT2D eigenvalue weighted by Crippen LogP contribution is -2.09. The minimum absolute atomic E-state index is 0.0218. The molecule has 1 N–H and O–H groups in total. The Labute approximate surface area is 121 Å². The Morgan fingerprint density at radius 2 is 1.76 bits per heavy atom. The van der Waals surface area contributed by atoms with Crippen LogP contribution in [0.15, 0.2) is 48.5 Å². The van der Waals surface area contributed by atoms with Gasteiger partial charge in [-0.3, -0.25) is 0 Å². The number of hydrogen-bond donors (Lipinski definition) is 1. The topological polar surface area (TPSA) is 71.4 Å². The number of carbonyl (C=O) groups is 1. The fourth-order valence-corrected chi connectivity index (χ4v) is 3.45. The highest BCUT2D eigenvalue weighted by molar-refractivity contribution is 7.89. The molecular weight excluding hydrogens is 295 g/mol. The van der Waals surface area contributed by atoms with Crippen LogP contribution in [0.4, 0.5) is 4.39 Å². The van der Waals surface area contributed by atoms with Gasteiger partial charge in [-0.05, 0) is 23.8 Å². The molecule has 0 heterocycles. The third-order valence-electron chi connectivity index (χ3n) is 2.89. The first-order valence-corrected chi connectivity index (χ1v) is 7.95. The van der Waals surface area contributed by atoms with E-state index in [1.807, 2.05) is 0 Å². The molecule has 4 nitrogen and oxygen atoms in total. The van der Waals surface area contributed by atoms with E-state index in [4.69, 9.17) is 5.11 Å². The highest BCUT2D eigenvalue weighted by Crippen LogP contribution is 2.16. The monoisotopic (exact) mass is 308 g/mol. The molecule has 0 saturated carbocycles. The number of carboxylic acids is 1. The van der Waals surface area contributed by atoms with Crippen LogP contribution in [0.2, 0.25) is 0 Å². The molecule has 0 aromatic heterocycles. The maximum atomic E-state index is 13.5. The Hall–Kier alpha value is -2.21. The molecule has 2 rings (SSSR count). The van der Waals surface area contributed by atoms with Crippen LogP contribution >= 0.6 is 0 Å². The van der Waals surface area contributed by atoms with Crippen LogP contribution in [0.25, 0.3) is 0 Å². The van der Waals surface area contributed by atoms with Gasteiger partial charge in [0.2, 0.25) is 0 Å². The Balaban J connectivity index is 2.20. The van der Waals surface area contributed by atoms with Gasteiger partial charge in [-0.2, -0.15) is 0 Å². The van der Waals surface area contributed by atoms with Crippen molar-refractivity contribution >= 4 is 15.8 Å². The lowest BCUT2D eigenvalue weighted by Gasteiger charge is -2.06. The van der Waals surface area contributed by atoms with E-state index < -0.39 is 27.4 Å². The normalized spacial score (nSPS) is 11.3. The minimum atomic E-state index is -3.59. The minimum Gasteiger partial charge on any atom is -0.478 e. The molecule has 2 aromatic carbocycles. The van der Waals surface area contributed by atoms with Crippen molar-refractivity contribution in [1.82, 2.24) is 0 Å². The number of carboxylic acid groups (broad SMARTS) is 1. The summed E-state index contributed by atoms with van der Waals surface area (Å²) in [6.07, 6.45) is 0. The van der Waals surface area contributed by atoms with Crippen LogP contribution in [-0.2, 0) is 21.3 Å². The van der Waals surface area contributed by atoms with Crippen molar-refractivity contribution in [2.75, 3.05) is 0 Å². The molecule has 0 aliphatic heterocycles. The molecule has 0 unspecified atom stereocenters. The molecule has 6 heteroatoms. The fourth-order valence-electron chi connectivity index (χ4n) is 1.95. The average molecular weight is 308 g/mol. The van der Waals surface area contributed by atoms with Crippen LogP contribution in [0.1, 0.15) is 21.5 Å². The quantitative estimate of drug-likeness (QED) is 0.921. The van der Waals surface area contributed by atoms with E-state index in [0.717, 1.165) is 0 Å². The van der Waals surface area contributed by atoms with Crippen LogP contribution in [0.3, 0.4) is 0 Å². The van der Waals surface area contributed by atoms with Gasteiger partial charge in [0.05, 0.1) is 17.1 Å². The number of aromatic carboxylic acids is 1. The van der Waals surface area contributed by atoms with Crippen molar-refractivity contribution in [3.05, 3.63) is 71.0 Å². The summed E-state index contributed by atoms with van der Waals surface area (Å²) >= 11 is 0. The largest absolute Gasteiger partial charge is 0.478 e. The first-order valence-electron chi connectivity index (χ1n) is 6.13. The van der Waals surface area contributed by atoms with Crippen LogP contribution in [0.5, 0.6) is 0 Å². The molecule has 0 saturated heterocycles. The molecule has 0 bridgehead atoms. The van der Waals surface area contributed by atoms with E-state index in [0.29, 0.717) is 5.56 Å². The summed E-state index contributed by atoms with van der Waals surface area (Å²) in [5.41, 5.74) is 0.492.